The topological polar surface area (TPSA) is 15.3 Å². The smallest absolute Gasteiger partial charge is 0.0136 e. The molecule has 2 nitrogen and oxygen atoms in total. The van der Waals surface area contributed by atoms with E-state index < -0.39 is 0 Å². The molecule has 0 aromatic rings. The lowest BCUT2D eigenvalue weighted by molar-refractivity contribution is 0.0461. The van der Waals surface area contributed by atoms with Gasteiger partial charge < -0.3 is 10.2 Å². The highest BCUT2D eigenvalue weighted by atomic mass is 15.2. The van der Waals surface area contributed by atoms with Crippen LogP contribution in [0, 0.1) is 5.92 Å². The van der Waals surface area contributed by atoms with Gasteiger partial charge in [0.2, 0.25) is 0 Å². The van der Waals surface area contributed by atoms with Crippen LogP contribution in [0.25, 0.3) is 0 Å². The SMILES string of the molecule is CC(C)NCC1CCC1N1CCCCC1. The van der Waals surface area contributed by atoms with Crippen LogP contribution in [0.2, 0.25) is 0 Å². The molecule has 1 N–H and O–H groups in total. The molecule has 2 unspecified atom stereocenters. The van der Waals surface area contributed by atoms with Crippen molar-refractivity contribution >= 4 is 0 Å². The van der Waals surface area contributed by atoms with Crippen LogP contribution >= 0.6 is 0 Å². The van der Waals surface area contributed by atoms with E-state index >= 15 is 0 Å². The molecule has 0 amide bonds. The summed E-state index contributed by atoms with van der Waals surface area (Å²) in [7, 11) is 0. The lowest BCUT2D eigenvalue weighted by atomic mass is 9.77. The van der Waals surface area contributed by atoms with Gasteiger partial charge in [-0.05, 0) is 51.2 Å². The molecular weight excluding hydrogens is 184 g/mol. The van der Waals surface area contributed by atoms with Crippen molar-refractivity contribution in [3.05, 3.63) is 0 Å². The fraction of sp³-hybridized carbons (Fsp3) is 1.00. The second kappa shape index (κ2) is 5.31. The lowest BCUT2D eigenvalue weighted by Crippen LogP contribution is -2.52. The van der Waals surface area contributed by atoms with Crippen molar-refractivity contribution in [2.75, 3.05) is 19.6 Å². The van der Waals surface area contributed by atoms with Crippen LogP contribution in [0.5, 0.6) is 0 Å². The van der Waals surface area contributed by atoms with Crippen LogP contribution in [-0.2, 0) is 0 Å². The molecule has 2 heteroatoms. The van der Waals surface area contributed by atoms with Gasteiger partial charge in [-0.2, -0.15) is 0 Å². The molecule has 2 atom stereocenters. The lowest BCUT2D eigenvalue weighted by Gasteiger charge is -2.46. The Balaban J connectivity index is 1.73. The molecule has 15 heavy (non-hydrogen) atoms. The van der Waals surface area contributed by atoms with E-state index in [0.29, 0.717) is 6.04 Å². The van der Waals surface area contributed by atoms with E-state index in [1.165, 1.54) is 51.7 Å². The molecule has 1 aliphatic carbocycles. The van der Waals surface area contributed by atoms with Crippen molar-refractivity contribution in [2.24, 2.45) is 5.92 Å². The van der Waals surface area contributed by atoms with Gasteiger partial charge in [0.05, 0.1) is 0 Å². The summed E-state index contributed by atoms with van der Waals surface area (Å²) in [5, 5.41) is 3.59. The molecule has 0 aromatic heterocycles. The Morgan fingerprint density at radius 3 is 2.40 bits per heavy atom. The van der Waals surface area contributed by atoms with Gasteiger partial charge in [0.1, 0.15) is 0 Å². The summed E-state index contributed by atoms with van der Waals surface area (Å²) in [6.07, 6.45) is 7.21. The highest BCUT2D eigenvalue weighted by molar-refractivity contribution is 4.91. The Bertz CT molecular complexity index is 185. The van der Waals surface area contributed by atoms with Gasteiger partial charge in [0, 0.05) is 12.1 Å². The van der Waals surface area contributed by atoms with Crippen molar-refractivity contribution in [1.29, 1.82) is 0 Å². The number of nitrogens with zero attached hydrogens (tertiary/aromatic N) is 1. The van der Waals surface area contributed by atoms with Gasteiger partial charge in [0.25, 0.3) is 0 Å². The number of rotatable bonds is 4. The van der Waals surface area contributed by atoms with Crippen LogP contribution in [0.3, 0.4) is 0 Å². The first-order valence-corrected chi connectivity index (χ1v) is 6.75. The first-order chi connectivity index (χ1) is 7.27. The average molecular weight is 210 g/mol. The van der Waals surface area contributed by atoms with Gasteiger partial charge in [-0.15, -0.1) is 0 Å². The Hall–Kier alpha value is -0.0800. The normalized spacial score (nSPS) is 33.0. The average Bonchev–Trinajstić information content (AvgIpc) is 2.17. The molecule has 1 heterocycles. The van der Waals surface area contributed by atoms with Crippen molar-refractivity contribution in [3.63, 3.8) is 0 Å². The Morgan fingerprint density at radius 1 is 1.13 bits per heavy atom. The first-order valence-electron chi connectivity index (χ1n) is 6.75. The van der Waals surface area contributed by atoms with Gasteiger partial charge in [-0.3, -0.25) is 0 Å². The van der Waals surface area contributed by atoms with E-state index in [2.05, 4.69) is 24.1 Å². The standard InChI is InChI=1S/C13H26N2/c1-11(2)14-10-12-6-7-13(12)15-8-4-3-5-9-15/h11-14H,3-10H2,1-2H3. The zero-order valence-electron chi connectivity index (χ0n) is 10.3. The minimum Gasteiger partial charge on any atom is -0.314 e. The van der Waals surface area contributed by atoms with Crippen LogP contribution in [0.15, 0.2) is 0 Å². The van der Waals surface area contributed by atoms with Gasteiger partial charge in [-0.25, -0.2) is 0 Å². The zero-order chi connectivity index (χ0) is 10.7. The summed E-state index contributed by atoms with van der Waals surface area (Å²) in [5.41, 5.74) is 0. The maximum Gasteiger partial charge on any atom is 0.0136 e. The number of hydrogen-bond acceptors (Lipinski definition) is 2. The van der Waals surface area contributed by atoms with E-state index in [-0.39, 0.29) is 0 Å². The van der Waals surface area contributed by atoms with Crippen LogP contribution in [0.1, 0.15) is 46.0 Å². The summed E-state index contributed by atoms with van der Waals surface area (Å²) in [4.78, 5) is 2.75. The molecule has 0 bridgehead atoms. The van der Waals surface area contributed by atoms with E-state index in [9.17, 15) is 0 Å². The van der Waals surface area contributed by atoms with Gasteiger partial charge in [-0.1, -0.05) is 20.3 Å². The molecule has 2 rings (SSSR count). The molecule has 0 radical (unpaired) electrons. The van der Waals surface area contributed by atoms with Crippen molar-refractivity contribution in [3.8, 4) is 0 Å². The van der Waals surface area contributed by atoms with E-state index in [1.54, 1.807) is 0 Å². The van der Waals surface area contributed by atoms with Crippen molar-refractivity contribution < 1.29 is 0 Å². The summed E-state index contributed by atoms with van der Waals surface area (Å²) < 4.78 is 0. The first kappa shape index (κ1) is 11.4. The highest BCUT2D eigenvalue weighted by Gasteiger charge is 2.35. The third-order valence-corrected chi connectivity index (χ3v) is 4.03. The fourth-order valence-electron chi connectivity index (χ4n) is 2.91. The minimum absolute atomic E-state index is 0.646. The Kier molecular flexibility index (Phi) is 4.04. The maximum atomic E-state index is 3.59. The Labute approximate surface area is 94.4 Å². The molecule has 0 spiro atoms. The molecule has 2 aliphatic rings. The quantitative estimate of drug-likeness (QED) is 0.765. The minimum atomic E-state index is 0.646. The van der Waals surface area contributed by atoms with Crippen molar-refractivity contribution in [1.82, 2.24) is 10.2 Å². The van der Waals surface area contributed by atoms with E-state index in [0.717, 1.165) is 12.0 Å². The van der Waals surface area contributed by atoms with E-state index in [1.807, 2.05) is 0 Å². The third-order valence-electron chi connectivity index (χ3n) is 4.03. The van der Waals surface area contributed by atoms with Crippen molar-refractivity contribution in [2.45, 2.75) is 58.0 Å². The van der Waals surface area contributed by atoms with Gasteiger partial charge >= 0.3 is 0 Å². The molecule has 2 fully saturated rings. The summed E-state index contributed by atoms with van der Waals surface area (Å²) in [5.74, 6) is 0.936. The largest absolute Gasteiger partial charge is 0.314 e. The number of likely N-dealkylation sites (tertiary alicyclic amines) is 1. The second-order valence-electron chi connectivity index (χ2n) is 5.56. The summed E-state index contributed by atoms with van der Waals surface area (Å²) >= 11 is 0. The van der Waals surface area contributed by atoms with E-state index in [4.69, 9.17) is 0 Å². The van der Waals surface area contributed by atoms with Crippen LogP contribution in [-0.4, -0.2) is 36.6 Å². The highest BCUT2D eigenvalue weighted by Crippen LogP contribution is 2.33. The number of nitrogens with one attached hydrogen (secondary N) is 1. The van der Waals surface area contributed by atoms with Crippen LogP contribution in [0.4, 0.5) is 0 Å². The van der Waals surface area contributed by atoms with Crippen LogP contribution < -0.4 is 5.32 Å². The number of hydrogen-bond donors (Lipinski definition) is 1. The summed E-state index contributed by atoms with van der Waals surface area (Å²) in [6, 6.07) is 1.56. The monoisotopic (exact) mass is 210 g/mol. The predicted octanol–water partition coefficient (Wildman–Crippen LogP) is 2.25. The molecule has 1 aliphatic heterocycles. The molecular formula is C13H26N2. The van der Waals surface area contributed by atoms with Gasteiger partial charge in [0.15, 0.2) is 0 Å². The Morgan fingerprint density at radius 2 is 1.87 bits per heavy atom. The third kappa shape index (κ3) is 2.94. The number of piperidine rings is 1. The maximum absolute atomic E-state index is 3.59. The predicted molar refractivity (Wildman–Crippen MR) is 65.1 cm³/mol. The molecule has 88 valence electrons. The molecule has 1 saturated carbocycles. The summed E-state index contributed by atoms with van der Waals surface area (Å²) in [6.45, 7) is 8.45. The molecule has 0 aromatic carbocycles. The second-order valence-corrected chi connectivity index (χ2v) is 5.56. The fourth-order valence-corrected chi connectivity index (χ4v) is 2.91. The molecule has 1 saturated heterocycles. The zero-order valence-corrected chi connectivity index (χ0v) is 10.3.